The molecule has 3 heterocycles. The molecule has 140 valence electrons. The highest BCUT2D eigenvalue weighted by molar-refractivity contribution is 6.30. The summed E-state index contributed by atoms with van der Waals surface area (Å²) < 4.78 is 7.51. The molecule has 1 aliphatic heterocycles. The van der Waals surface area contributed by atoms with Crippen molar-refractivity contribution in [2.24, 2.45) is 7.05 Å². The summed E-state index contributed by atoms with van der Waals surface area (Å²) in [6.45, 7) is 5.54. The van der Waals surface area contributed by atoms with Gasteiger partial charge in [0.15, 0.2) is 5.76 Å². The Labute approximate surface area is 162 Å². The summed E-state index contributed by atoms with van der Waals surface area (Å²) in [4.78, 5) is 18.8. The first kappa shape index (κ1) is 17.9. The van der Waals surface area contributed by atoms with E-state index >= 15 is 0 Å². The van der Waals surface area contributed by atoms with Crippen LogP contribution in [0.1, 0.15) is 35.8 Å². The molecule has 1 aliphatic rings. The first-order valence-corrected chi connectivity index (χ1v) is 9.33. The van der Waals surface area contributed by atoms with E-state index in [1.807, 2.05) is 31.2 Å². The zero-order valence-corrected chi connectivity index (χ0v) is 16.3. The third-order valence-corrected chi connectivity index (χ3v) is 5.34. The number of hydrogen-bond donors (Lipinski definition) is 0. The van der Waals surface area contributed by atoms with Gasteiger partial charge in [-0.05, 0) is 43.7 Å². The number of rotatable bonds is 3. The standard InChI is InChI=1S/C20H21ClN4O2/c1-12-19(14-4-6-16(21)7-5-14)27-20(22-12)13(2)25-9-8-17-15(11-25)10-18(26)24(3)23-17/h4-7,10,13H,8-9,11H2,1-3H3. The topological polar surface area (TPSA) is 64.2 Å². The fraction of sp³-hybridized carbons (Fsp3) is 0.350. The van der Waals surface area contributed by atoms with Crippen molar-refractivity contribution in [1.29, 1.82) is 0 Å². The molecule has 7 heteroatoms. The molecule has 3 aromatic rings. The highest BCUT2D eigenvalue weighted by Gasteiger charge is 2.27. The van der Waals surface area contributed by atoms with Crippen molar-refractivity contribution in [3.63, 3.8) is 0 Å². The third-order valence-electron chi connectivity index (χ3n) is 5.09. The lowest BCUT2D eigenvalue weighted by Gasteiger charge is -2.31. The SMILES string of the molecule is Cc1nc(C(C)N2CCc3nn(C)c(=O)cc3C2)oc1-c1ccc(Cl)cc1. The number of hydrogen-bond acceptors (Lipinski definition) is 5. The normalized spacial score (nSPS) is 15.6. The Morgan fingerprint density at radius 2 is 2.00 bits per heavy atom. The van der Waals surface area contributed by atoms with Crippen LogP contribution in [0.2, 0.25) is 5.02 Å². The molecule has 27 heavy (non-hydrogen) atoms. The van der Waals surface area contributed by atoms with Crippen molar-refractivity contribution in [3.8, 4) is 11.3 Å². The van der Waals surface area contributed by atoms with Gasteiger partial charge in [-0.15, -0.1) is 0 Å². The van der Waals surface area contributed by atoms with E-state index in [2.05, 4.69) is 21.9 Å². The number of fused-ring (bicyclic) bond motifs is 1. The van der Waals surface area contributed by atoms with Gasteiger partial charge in [-0.3, -0.25) is 9.69 Å². The van der Waals surface area contributed by atoms with Crippen molar-refractivity contribution in [2.45, 2.75) is 32.9 Å². The molecule has 0 saturated carbocycles. The van der Waals surface area contributed by atoms with Crippen LogP contribution in [0.25, 0.3) is 11.3 Å². The molecule has 4 rings (SSSR count). The molecule has 6 nitrogen and oxygen atoms in total. The maximum Gasteiger partial charge on any atom is 0.266 e. The number of aryl methyl sites for hydroxylation is 2. The molecule has 2 aromatic heterocycles. The van der Waals surface area contributed by atoms with E-state index in [0.717, 1.165) is 41.2 Å². The highest BCUT2D eigenvalue weighted by Crippen LogP contribution is 2.31. The Hall–Kier alpha value is -2.44. The van der Waals surface area contributed by atoms with Crippen LogP contribution in [0, 0.1) is 6.92 Å². The largest absolute Gasteiger partial charge is 0.439 e. The molecule has 0 radical (unpaired) electrons. The van der Waals surface area contributed by atoms with Gasteiger partial charge in [0.05, 0.1) is 17.4 Å². The predicted molar refractivity (Wildman–Crippen MR) is 104 cm³/mol. The monoisotopic (exact) mass is 384 g/mol. The molecule has 0 bridgehead atoms. The van der Waals surface area contributed by atoms with Crippen LogP contribution in [0.4, 0.5) is 0 Å². The van der Waals surface area contributed by atoms with E-state index in [1.54, 1.807) is 13.1 Å². The number of aromatic nitrogens is 3. The average molecular weight is 385 g/mol. The first-order valence-electron chi connectivity index (χ1n) is 8.96. The Morgan fingerprint density at radius 1 is 1.26 bits per heavy atom. The number of nitrogens with zero attached hydrogens (tertiary/aromatic N) is 4. The Bertz CT molecular complexity index is 1040. The van der Waals surface area contributed by atoms with E-state index in [0.29, 0.717) is 17.5 Å². The highest BCUT2D eigenvalue weighted by atomic mass is 35.5. The fourth-order valence-electron chi connectivity index (χ4n) is 3.47. The minimum Gasteiger partial charge on any atom is -0.439 e. The molecule has 0 amide bonds. The maximum absolute atomic E-state index is 11.9. The minimum atomic E-state index is -0.0831. The first-order chi connectivity index (χ1) is 12.9. The van der Waals surface area contributed by atoms with Gasteiger partial charge in [-0.2, -0.15) is 5.10 Å². The van der Waals surface area contributed by atoms with Crippen LogP contribution < -0.4 is 5.56 Å². The maximum atomic E-state index is 11.9. The average Bonchev–Trinajstić information content (AvgIpc) is 3.04. The van der Waals surface area contributed by atoms with Gasteiger partial charge < -0.3 is 4.42 Å². The van der Waals surface area contributed by atoms with E-state index in [1.165, 1.54) is 4.68 Å². The van der Waals surface area contributed by atoms with Gasteiger partial charge >= 0.3 is 0 Å². The molecule has 1 unspecified atom stereocenters. The number of benzene rings is 1. The Balaban J connectivity index is 1.59. The van der Waals surface area contributed by atoms with Crippen LogP contribution in [0.15, 0.2) is 39.5 Å². The predicted octanol–water partition coefficient (Wildman–Crippen LogP) is 3.52. The molecule has 1 atom stereocenters. The van der Waals surface area contributed by atoms with Crippen LogP contribution in [0.5, 0.6) is 0 Å². The summed E-state index contributed by atoms with van der Waals surface area (Å²) >= 11 is 5.98. The van der Waals surface area contributed by atoms with Gasteiger partial charge in [0.1, 0.15) is 0 Å². The number of halogens is 1. The lowest BCUT2D eigenvalue weighted by molar-refractivity contribution is 0.165. The molecule has 0 fully saturated rings. The zero-order valence-electron chi connectivity index (χ0n) is 15.6. The van der Waals surface area contributed by atoms with Crippen molar-refractivity contribution < 1.29 is 4.42 Å². The fourth-order valence-corrected chi connectivity index (χ4v) is 3.59. The summed E-state index contributed by atoms with van der Waals surface area (Å²) in [6.07, 6.45) is 0.803. The molecule has 0 spiro atoms. The van der Waals surface area contributed by atoms with Crippen LogP contribution in [-0.2, 0) is 20.0 Å². The number of oxazole rings is 1. The summed E-state index contributed by atoms with van der Waals surface area (Å²) in [6, 6.07) is 9.24. The molecule has 0 saturated heterocycles. The van der Waals surface area contributed by atoms with Crippen LogP contribution >= 0.6 is 11.6 Å². The lowest BCUT2D eigenvalue weighted by atomic mass is 10.0. The van der Waals surface area contributed by atoms with Crippen molar-refractivity contribution in [3.05, 3.63) is 68.6 Å². The molecular formula is C20H21ClN4O2. The summed E-state index contributed by atoms with van der Waals surface area (Å²) in [7, 11) is 1.69. The van der Waals surface area contributed by atoms with Gasteiger partial charge in [0, 0.05) is 43.2 Å². The molecule has 0 aliphatic carbocycles. The summed E-state index contributed by atoms with van der Waals surface area (Å²) in [5.41, 5.74) is 3.70. The Kier molecular flexibility index (Phi) is 4.61. The molecule has 1 aromatic carbocycles. The van der Waals surface area contributed by atoms with Gasteiger partial charge in [-0.25, -0.2) is 9.67 Å². The molecule has 0 N–H and O–H groups in total. The van der Waals surface area contributed by atoms with Crippen LogP contribution in [0.3, 0.4) is 0 Å². The summed E-state index contributed by atoms with van der Waals surface area (Å²) in [5, 5.41) is 5.06. The second-order valence-corrected chi connectivity index (χ2v) is 7.38. The van der Waals surface area contributed by atoms with Gasteiger partial charge in [0.25, 0.3) is 5.56 Å². The van der Waals surface area contributed by atoms with E-state index < -0.39 is 0 Å². The zero-order chi connectivity index (χ0) is 19.1. The third kappa shape index (κ3) is 3.42. The van der Waals surface area contributed by atoms with Crippen LogP contribution in [-0.4, -0.2) is 26.2 Å². The van der Waals surface area contributed by atoms with Crippen molar-refractivity contribution in [2.75, 3.05) is 6.54 Å². The molecular weight excluding hydrogens is 364 g/mol. The van der Waals surface area contributed by atoms with Crippen molar-refractivity contribution >= 4 is 11.6 Å². The van der Waals surface area contributed by atoms with Gasteiger partial charge in [-0.1, -0.05) is 11.6 Å². The van der Waals surface area contributed by atoms with E-state index in [-0.39, 0.29) is 11.6 Å². The lowest BCUT2D eigenvalue weighted by Crippen LogP contribution is -2.36. The summed E-state index contributed by atoms with van der Waals surface area (Å²) in [5.74, 6) is 1.44. The quantitative estimate of drug-likeness (QED) is 0.691. The second-order valence-electron chi connectivity index (χ2n) is 6.95. The van der Waals surface area contributed by atoms with E-state index in [4.69, 9.17) is 16.0 Å². The Morgan fingerprint density at radius 3 is 2.74 bits per heavy atom. The minimum absolute atomic E-state index is 0.00181. The van der Waals surface area contributed by atoms with Gasteiger partial charge in [0.2, 0.25) is 5.89 Å². The van der Waals surface area contributed by atoms with E-state index in [9.17, 15) is 4.79 Å². The smallest absolute Gasteiger partial charge is 0.266 e. The van der Waals surface area contributed by atoms with Crippen molar-refractivity contribution in [1.82, 2.24) is 19.7 Å². The second kappa shape index (κ2) is 6.94.